The van der Waals surface area contributed by atoms with Gasteiger partial charge in [-0.05, 0) is 41.9 Å². The summed E-state index contributed by atoms with van der Waals surface area (Å²) in [4.78, 5) is 0. The molecule has 0 aliphatic rings. The molecule has 0 aliphatic carbocycles. The van der Waals surface area contributed by atoms with E-state index in [9.17, 15) is 0 Å². The Hall–Kier alpha value is -1.06. The summed E-state index contributed by atoms with van der Waals surface area (Å²) in [6.07, 6.45) is 2.53. The van der Waals surface area contributed by atoms with Crippen molar-refractivity contribution in [1.29, 1.82) is 0 Å². The minimum absolute atomic E-state index is 0.0570. The number of hydrogen-bond donors (Lipinski definition) is 1. The zero-order valence-corrected chi connectivity index (χ0v) is 14.5. The Balaban J connectivity index is 2.42. The molecule has 3 nitrogen and oxygen atoms in total. The molecule has 1 N–H and O–H groups in total. The standard InChI is InChI=1S/C19H32O3/c1-5-15(2)14-16(3)17(4)18-6-8-19(9-7-18)22-13-12-21-11-10-20/h6-9,15-17,20H,5,10-14H2,1-4H3. The molecule has 0 aromatic heterocycles. The van der Waals surface area contributed by atoms with Gasteiger partial charge in [0.15, 0.2) is 0 Å². The van der Waals surface area contributed by atoms with Crippen molar-refractivity contribution in [3.05, 3.63) is 29.8 Å². The molecule has 0 saturated heterocycles. The molecule has 3 heteroatoms. The summed E-state index contributed by atoms with van der Waals surface area (Å²) in [5.74, 6) is 2.92. The van der Waals surface area contributed by atoms with Crippen molar-refractivity contribution in [2.75, 3.05) is 26.4 Å². The first-order valence-corrected chi connectivity index (χ1v) is 8.49. The molecule has 0 fully saturated rings. The van der Waals surface area contributed by atoms with Crippen molar-refractivity contribution in [2.24, 2.45) is 11.8 Å². The smallest absolute Gasteiger partial charge is 0.119 e. The number of hydrogen-bond acceptors (Lipinski definition) is 3. The molecule has 3 unspecified atom stereocenters. The summed E-state index contributed by atoms with van der Waals surface area (Å²) >= 11 is 0. The van der Waals surface area contributed by atoms with Crippen LogP contribution in [0.3, 0.4) is 0 Å². The summed E-state index contributed by atoms with van der Waals surface area (Å²) in [5, 5.41) is 8.61. The van der Waals surface area contributed by atoms with E-state index in [4.69, 9.17) is 14.6 Å². The fourth-order valence-electron chi connectivity index (χ4n) is 2.59. The van der Waals surface area contributed by atoms with Crippen LogP contribution in [-0.4, -0.2) is 31.5 Å². The molecule has 0 heterocycles. The van der Waals surface area contributed by atoms with Gasteiger partial charge in [0.25, 0.3) is 0 Å². The molecule has 1 aromatic carbocycles. The Labute approximate surface area is 135 Å². The SMILES string of the molecule is CCC(C)CC(C)C(C)c1ccc(OCCOCCO)cc1. The van der Waals surface area contributed by atoms with E-state index in [1.54, 1.807) is 0 Å². The van der Waals surface area contributed by atoms with Crippen LogP contribution >= 0.6 is 0 Å². The second kappa shape index (κ2) is 10.6. The molecule has 1 rings (SSSR count). The maximum Gasteiger partial charge on any atom is 0.119 e. The second-order valence-electron chi connectivity index (χ2n) is 6.27. The van der Waals surface area contributed by atoms with Crippen LogP contribution in [-0.2, 0) is 4.74 Å². The highest BCUT2D eigenvalue weighted by atomic mass is 16.5. The zero-order chi connectivity index (χ0) is 16.4. The van der Waals surface area contributed by atoms with Crippen LogP contribution in [0.4, 0.5) is 0 Å². The van der Waals surface area contributed by atoms with E-state index < -0.39 is 0 Å². The summed E-state index contributed by atoms with van der Waals surface area (Å²) in [7, 11) is 0. The molecular weight excluding hydrogens is 276 g/mol. The third-order valence-electron chi connectivity index (χ3n) is 4.46. The van der Waals surface area contributed by atoms with Crippen LogP contribution in [0.1, 0.15) is 52.0 Å². The van der Waals surface area contributed by atoms with E-state index in [2.05, 4.69) is 39.8 Å². The van der Waals surface area contributed by atoms with Crippen molar-refractivity contribution in [3.63, 3.8) is 0 Å². The number of aliphatic hydroxyl groups is 1. The van der Waals surface area contributed by atoms with Crippen molar-refractivity contribution >= 4 is 0 Å². The maximum atomic E-state index is 8.61. The van der Waals surface area contributed by atoms with Crippen LogP contribution in [0, 0.1) is 11.8 Å². The van der Waals surface area contributed by atoms with Crippen LogP contribution < -0.4 is 4.74 Å². The van der Waals surface area contributed by atoms with E-state index in [0.717, 1.165) is 11.7 Å². The van der Waals surface area contributed by atoms with E-state index in [1.165, 1.54) is 18.4 Å². The van der Waals surface area contributed by atoms with Gasteiger partial charge in [-0.3, -0.25) is 0 Å². The Morgan fingerprint density at radius 3 is 2.27 bits per heavy atom. The van der Waals surface area contributed by atoms with Crippen molar-refractivity contribution in [2.45, 2.75) is 46.5 Å². The number of benzene rings is 1. The first-order chi connectivity index (χ1) is 10.6. The first kappa shape index (κ1) is 19.0. The van der Waals surface area contributed by atoms with Gasteiger partial charge in [0.05, 0.1) is 19.8 Å². The van der Waals surface area contributed by atoms with Gasteiger partial charge in [0.1, 0.15) is 12.4 Å². The third kappa shape index (κ3) is 6.80. The Morgan fingerprint density at radius 1 is 1.00 bits per heavy atom. The fraction of sp³-hybridized carbons (Fsp3) is 0.684. The van der Waals surface area contributed by atoms with E-state index in [-0.39, 0.29) is 6.61 Å². The molecule has 0 aliphatic heterocycles. The van der Waals surface area contributed by atoms with E-state index >= 15 is 0 Å². The quantitative estimate of drug-likeness (QED) is 0.621. The lowest BCUT2D eigenvalue weighted by molar-refractivity contribution is 0.0705. The van der Waals surface area contributed by atoms with Crippen molar-refractivity contribution in [1.82, 2.24) is 0 Å². The Kier molecular flexibility index (Phi) is 9.17. The highest BCUT2D eigenvalue weighted by molar-refractivity contribution is 5.29. The first-order valence-electron chi connectivity index (χ1n) is 8.49. The van der Waals surface area contributed by atoms with Gasteiger partial charge in [-0.2, -0.15) is 0 Å². The van der Waals surface area contributed by atoms with Crippen LogP contribution in [0.25, 0.3) is 0 Å². The lowest BCUT2D eigenvalue weighted by atomic mass is 9.82. The third-order valence-corrected chi connectivity index (χ3v) is 4.46. The normalized spacial score (nSPS) is 15.3. The molecule has 22 heavy (non-hydrogen) atoms. The molecule has 0 bridgehead atoms. The van der Waals surface area contributed by atoms with Gasteiger partial charge in [-0.1, -0.05) is 46.2 Å². The Morgan fingerprint density at radius 2 is 1.68 bits per heavy atom. The molecular formula is C19H32O3. The monoisotopic (exact) mass is 308 g/mol. The van der Waals surface area contributed by atoms with Crippen LogP contribution in [0.2, 0.25) is 0 Å². The highest BCUT2D eigenvalue weighted by Gasteiger charge is 2.16. The number of ether oxygens (including phenoxy) is 2. The lowest BCUT2D eigenvalue weighted by Gasteiger charge is -2.23. The predicted octanol–water partition coefficient (Wildman–Crippen LogP) is 4.25. The molecule has 0 amide bonds. The molecule has 126 valence electrons. The summed E-state index contributed by atoms with van der Waals surface area (Å²) in [6.45, 7) is 10.7. The average Bonchev–Trinajstić information content (AvgIpc) is 2.54. The second-order valence-corrected chi connectivity index (χ2v) is 6.27. The van der Waals surface area contributed by atoms with Crippen LogP contribution in [0.5, 0.6) is 5.75 Å². The molecule has 0 spiro atoms. The van der Waals surface area contributed by atoms with E-state index in [0.29, 0.717) is 31.7 Å². The maximum absolute atomic E-state index is 8.61. The van der Waals surface area contributed by atoms with Crippen molar-refractivity contribution in [3.8, 4) is 5.75 Å². The number of rotatable bonds is 11. The average molecular weight is 308 g/mol. The molecule has 3 atom stereocenters. The van der Waals surface area contributed by atoms with E-state index in [1.807, 2.05) is 12.1 Å². The molecule has 1 aromatic rings. The minimum Gasteiger partial charge on any atom is -0.491 e. The van der Waals surface area contributed by atoms with Gasteiger partial charge in [0.2, 0.25) is 0 Å². The van der Waals surface area contributed by atoms with Gasteiger partial charge in [-0.15, -0.1) is 0 Å². The lowest BCUT2D eigenvalue weighted by Crippen LogP contribution is -2.11. The van der Waals surface area contributed by atoms with Gasteiger partial charge in [-0.25, -0.2) is 0 Å². The highest BCUT2D eigenvalue weighted by Crippen LogP contribution is 2.30. The fourth-order valence-corrected chi connectivity index (χ4v) is 2.59. The number of aliphatic hydroxyl groups excluding tert-OH is 1. The minimum atomic E-state index is 0.0570. The summed E-state index contributed by atoms with van der Waals surface area (Å²) in [5.41, 5.74) is 1.37. The Bertz CT molecular complexity index is 388. The molecule has 0 saturated carbocycles. The zero-order valence-electron chi connectivity index (χ0n) is 14.5. The van der Waals surface area contributed by atoms with Gasteiger partial charge < -0.3 is 14.6 Å². The largest absolute Gasteiger partial charge is 0.491 e. The topological polar surface area (TPSA) is 38.7 Å². The van der Waals surface area contributed by atoms with Crippen molar-refractivity contribution < 1.29 is 14.6 Å². The van der Waals surface area contributed by atoms with Gasteiger partial charge in [0, 0.05) is 0 Å². The van der Waals surface area contributed by atoms with Crippen LogP contribution in [0.15, 0.2) is 24.3 Å². The van der Waals surface area contributed by atoms with Gasteiger partial charge >= 0.3 is 0 Å². The summed E-state index contributed by atoms with van der Waals surface area (Å²) < 4.78 is 10.8. The molecule has 0 radical (unpaired) electrons. The predicted molar refractivity (Wildman–Crippen MR) is 91.5 cm³/mol. The summed E-state index contributed by atoms with van der Waals surface area (Å²) in [6, 6.07) is 8.41.